The predicted octanol–water partition coefficient (Wildman–Crippen LogP) is 12.0. The first-order valence-corrected chi connectivity index (χ1v) is 24.4. The molecule has 0 saturated heterocycles. The van der Waals surface area contributed by atoms with Crippen LogP contribution in [0, 0.1) is 69.0 Å². The van der Waals surface area contributed by atoms with Gasteiger partial charge in [0.15, 0.2) is 0 Å². The quantitative estimate of drug-likeness (QED) is 0.219. The Bertz CT molecular complexity index is 1820. The maximum atomic E-state index is 10.2. The second kappa shape index (κ2) is 16.7. The van der Waals surface area contributed by atoms with Crippen LogP contribution in [-0.4, -0.2) is 45.8 Å². The minimum atomic E-state index is -0.123. The van der Waals surface area contributed by atoms with E-state index in [2.05, 4.69) is 113 Å². The van der Waals surface area contributed by atoms with Crippen molar-refractivity contribution in [2.24, 2.45) is 69.0 Å². The van der Waals surface area contributed by atoms with Crippen LogP contribution < -0.4 is 0 Å². The summed E-state index contributed by atoms with van der Waals surface area (Å²) in [6, 6.07) is 21.5. The zero-order valence-corrected chi connectivity index (χ0v) is 37.4. The Morgan fingerprint density at radius 3 is 1.30 bits per heavy atom. The van der Waals surface area contributed by atoms with Crippen LogP contribution >= 0.6 is 0 Å². The third-order valence-corrected chi connectivity index (χ3v) is 19.7. The minimum absolute atomic E-state index is 0.123. The standard InChI is InChI=1S/2C28H38O2/c2*1-27-15-12-21(30)18-20(27)8-9-23-25-11-10-24(28(25,2)16-13-26(23)27)22(14-17-29)19-6-4-3-5-7-19/h2*3-8,14,21,23-26,29-30H,9-13,15-18H2,1-2H3/b2*22-14-/t2*21-,23-,24+,25-,26-,27-,28+/m00/s1. The van der Waals surface area contributed by atoms with Gasteiger partial charge in [0.05, 0.1) is 25.4 Å². The van der Waals surface area contributed by atoms with E-state index in [4.69, 9.17) is 0 Å². The Balaban J connectivity index is 0.000000154. The lowest BCUT2D eigenvalue weighted by Crippen LogP contribution is -2.50. The summed E-state index contributed by atoms with van der Waals surface area (Å²) in [7, 11) is 0. The minimum Gasteiger partial charge on any atom is -0.393 e. The molecule has 8 aliphatic rings. The molecule has 0 amide bonds. The van der Waals surface area contributed by atoms with Gasteiger partial charge < -0.3 is 20.4 Å². The van der Waals surface area contributed by atoms with Crippen LogP contribution in [0.3, 0.4) is 0 Å². The molecule has 0 heterocycles. The van der Waals surface area contributed by atoms with E-state index in [0.29, 0.717) is 33.5 Å². The van der Waals surface area contributed by atoms with Crippen LogP contribution in [0.5, 0.6) is 0 Å². The summed E-state index contributed by atoms with van der Waals surface area (Å²) >= 11 is 0. The number of benzene rings is 2. The Kier molecular flexibility index (Phi) is 11.9. The van der Waals surface area contributed by atoms with E-state index in [9.17, 15) is 20.4 Å². The highest BCUT2D eigenvalue weighted by atomic mass is 16.3. The number of hydrogen-bond donors (Lipinski definition) is 4. The zero-order valence-electron chi connectivity index (χ0n) is 37.4. The number of aliphatic hydroxyl groups excluding tert-OH is 4. The molecule has 0 aliphatic heterocycles. The van der Waals surface area contributed by atoms with Crippen molar-refractivity contribution in [3.8, 4) is 0 Å². The van der Waals surface area contributed by atoms with Gasteiger partial charge >= 0.3 is 0 Å². The lowest BCUT2D eigenvalue weighted by atomic mass is 9.47. The fourth-order valence-corrected chi connectivity index (χ4v) is 16.7. The Labute approximate surface area is 362 Å². The fraction of sp³-hybridized carbons (Fsp3) is 0.643. The molecule has 0 bridgehead atoms. The number of aliphatic hydroxyl groups is 4. The van der Waals surface area contributed by atoms with Gasteiger partial charge in [0.2, 0.25) is 0 Å². The molecule has 4 nitrogen and oxygen atoms in total. The summed E-state index contributed by atoms with van der Waals surface area (Å²) in [5.41, 5.74) is 9.73. The second-order valence-corrected chi connectivity index (χ2v) is 22.1. The van der Waals surface area contributed by atoms with Crippen LogP contribution in [0.1, 0.15) is 142 Å². The van der Waals surface area contributed by atoms with Crippen molar-refractivity contribution in [2.45, 2.75) is 143 Å². The summed E-state index contributed by atoms with van der Waals surface area (Å²) in [6.07, 6.45) is 27.8. The monoisotopic (exact) mass is 813 g/mol. The van der Waals surface area contributed by atoms with Crippen LogP contribution in [-0.2, 0) is 0 Å². The molecule has 6 fully saturated rings. The van der Waals surface area contributed by atoms with E-state index in [1.54, 1.807) is 11.1 Å². The third kappa shape index (κ3) is 7.10. The first-order chi connectivity index (χ1) is 28.9. The maximum absolute atomic E-state index is 10.2. The normalized spacial score (nSPS) is 43.4. The van der Waals surface area contributed by atoms with Crippen molar-refractivity contribution in [2.75, 3.05) is 13.2 Å². The number of hydrogen-bond acceptors (Lipinski definition) is 4. The van der Waals surface area contributed by atoms with Gasteiger partial charge in [0.25, 0.3) is 0 Å². The summed E-state index contributed by atoms with van der Waals surface area (Å²) < 4.78 is 0. The van der Waals surface area contributed by atoms with E-state index in [1.807, 2.05) is 0 Å². The molecule has 2 aromatic rings. The zero-order chi connectivity index (χ0) is 41.9. The summed E-state index contributed by atoms with van der Waals surface area (Å²) in [6.45, 7) is 10.4. The highest BCUT2D eigenvalue weighted by Gasteiger charge is 2.60. The van der Waals surface area contributed by atoms with E-state index in [-0.39, 0.29) is 25.4 Å². The molecule has 2 aromatic carbocycles. The van der Waals surface area contributed by atoms with Gasteiger partial charge in [-0.3, -0.25) is 0 Å². The summed E-state index contributed by atoms with van der Waals surface area (Å²) in [4.78, 5) is 0. The summed E-state index contributed by atoms with van der Waals surface area (Å²) in [5, 5.41) is 40.1. The smallest absolute Gasteiger partial charge is 0.0618 e. The van der Waals surface area contributed by atoms with Crippen molar-refractivity contribution >= 4 is 11.1 Å². The van der Waals surface area contributed by atoms with Gasteiger partial charge in [-0.15, -0.1) is 0 Å². The van der Waals surface area contributed by atoms with E-state index in [0.717, 1.165) is 74.0 Å². The molecule has 60 heavy (non-hydrogen) atoms. The molecule has 324 valence electrons. The van der Waals surface area contributed by atoms with Crippen molar-refractivity contribution in [1.29, 1.82) is 0 Å². The van der Waals surface area contributed by atoms with Crippen LogP contribution in [0.15, 0.2) is 96.1 Å². The molecular formula is C56H76O4. The largest absolute Gasteiger partial charge is 0.393 e. The predicted molar refractivity (Wildman–Crippen MR) is 245 cm³/mol. The number of fused-ring (bicyclic) bond motifs is 10. The van der Waals surface area contributed by atoms with Crippen LogP contribution in [0.4, 0.5) is 0 Å². The molecular weight excluding hydrogens is 737 g/mol. The Morgan fingerprint density at radius 1 is 0.517 bits per heavy atom. The molecule has 4 N–H and O–H groups in total. The third-order valence-electron chi connectivity index (χ3n) is 19.7. The first kappa shape index (κ1) is 42.5. The second-order valence-electron chi connectivity index (χ2n) is 22.1. The van der Waals surface area contributed by atoms with Gasteiger partial charge in [-0.25, -0.2) is 0 Å². The molecule has 14 atom stereocenters. The molecule has 6 saturated carbocycles. The summed E-state index contributed by atoms with van der Waals surface area (Å²) in [5.74, 6) is 5.76. The average molecular weight is 813 g/mol. The van der Waals surface area contributed by atoms with Crippen molar-refractivity contribution in [1.82, 2.24) is 0 Å². The van der Waals surface area contributed by atoms with Gasteiger partial charge in [0.1, 0.15) is 0 Å². The van der Waals surface area contributed by atoms with E-state index in [1.165, 1.54) is 86.5 Å². The van der Waals surface area contributed by atoms with Crippen molar-refractivity contribution < 1.29 is 20.4 Å². The highest BCUT2D eigenvalue weighted by molar-refractivity contribution is 5.69. The van der Waals surface area contributed by atoms with E-state index >= 15 is 0 Å². The topological polar surface area (TPSA) is 80.9 Å². The van der Waals surface area contributed by atoms with Crippen molar-refractivity contribution in [3.63, 3.8) is 0 Å². The van der Waals surface area contributed by atoms with Gasteiger partial charge in [0, 0.05) is 0 Å². The molecule has 4 heteroatoms. The Hall–Kier alpha value is -2.76. The SMILES string of the molecule is C[C@]12CC[C@H]3[C@@H](CC=C4C[C@@H](O)CC[C@@]43C)[C@@H]1CC[C@@H]2/C(=C\CO)c1ccccc1.C[C@]12CC[C@H]3[C@@H](CC=C4C[C@@H](O)CC[C@@]43C)[C@@H]1CC[C@@H]2/C(=C\CO)c1ccccc1. The molecule has 8 aliphatic carbocycles. The van der Waals surface area contributed by atoms with Gasteiger partial charge in [-0.2, -0.15) is 0 Å². The van der Waals surface area contributed by atoms with Crippen molar-refractivity contribution in [3.05, 3.63) is 107 Å². The van der Waals surface area contributed by atoms with E-state index < -0.39 is 0 Å². The molecule has 0 radical (unpaired) electrons. The Morgan fingerprint density at radius 2 is 0.917 bits per heavy atom. The average Bonchev–Trinajstić information content (AvgIpc) is 3.80. The van der Waals surface area contributed by atoms with Crippen LogP contribution in [0.25, 0.3) is 11.1 Å². The molecule has 0 unspecified atom stereocenters. The highest BCUT2D eigenvalue weighted by Crippen LogP contribution is 2.69. The molecule has 0 aromatic heterocycles. The van der Waals surface area contributed by atoms with Gasteiger partial charge in [-0.1, -0.05) is 124 Å². The fourth-order valence-electron chi connectivity index (χ4n) is 16.7. The lowest BCUT2D eigenvalue weighted by Gasteiger charge is -2.58. The number of rotatable bonds is 6. The first-order valence-electron chi connectivity index (χ1n) is 24.4. The molecule has 0 spiro atoms. The lowest BCUT2D eigenvalue weighted by molar-refractivity contribution is -0.0432. The van der Waals surface area contributed by atoms with Crippen LogP contribution in [0.2, 0.25) is 0 Å². The number of allylic oxidation sites excluding steroid dienone is 4. The maximum Gasteiger partial charge on any atom is 0.0618 e. The molecule has 10 rings (SSSR count). The van der Waals surface area contributed by atoms with Gasteiger partial charge in [-0.05, 0) is 194 Å².